The fourth-order valence-corrected chi connectivity index (χ4v) is 1.78. The van der Waals surface area contributed by atoms with Crippen molar-refractivity contribution < 1.29 is 9.63 Å². The molecule has 1 aliphatic rings. The number of allylic oxidation sites excluding steroid dienone is 6. The zero-order chi connectivity index (χ0) is 14.9. The lowest BCUT2D eigenvalue weighted by molar-refractivity contribution is -0.142. The van der Waals surface area contributed by atoms with E-state index in [9.17, 15) is 4.79 Å². The van der Waals surface area contributed by atoms with Gasteiger partial charge in [0, 0.05) is 5.57 Å². The highest BCUT2D eigenvalue weighted by molar-refractivity contribution is 6.13. The molecule has 0 radical (unpaired) electrons. The van der Waals surface area contributed by atoms with Crippen molar-refractivity contribution in [1.29, 1.82) is 5.26 Å². The van der Waals surface area contributed by atoms with Gasteiger partial charge in [-0.15, -0.1) is 0 Å². The highest BCUT2D eigenvalue weighted by atomic mass is 16.7. The van der Waals surface area contributed by atoms with Crippen molar-refractivity contribution in [2.24, 2.45) is 5.16 Å². The molecule has 0 atom stereocenters. The number of hydrogen-bond acceptors (Lipinski definition) is 4. The Morgan fingerprint density at radius 3 is 2.86 bits per heavy atom. The van der Waals surface area contributed by atoms with Gasteiger partial charge >= 0.3 is 5.97 Å². The second-order valence-corrected chi connectivity index (χ2v) is 4.36. The largest absolute Gasteiger partial charge is 0.339 e. The molecule has 1 aliphatic carbocycles. The van der Waals surface area contributed by atoms with Crippen LogP contribution in [0.25, 0.3) is 0 Å². The third-order valence-electron chi connectivity index (χ3n) is 2.81. The SMILES string of the molecule is N#C/C(=N\OC(=O)Cc1ccccc1)C1=CCC=CC=C1. The van der Waals surface area contributed by atoms with E-state index in [-0.39, 0.29) is 12.1 Å². The number of nitrogens with zero attached hydrogens (tertiary/aromatic N) is 2. The summed E-state index contributed by atoms with van der Waals surface area (Å²) in [6.45, 7) is 0. The molecule has 2 rings (SSSR count). The number of carbonyl (C=O) groups is 1. The normalized spacial score (nSPS) is 14.0. The Labute approximate surface area is 123 Å². The van der Waals surface area contributed by atoms with E-state index in [4.69, 9.17) is 10.1 Å². The maximum atomic E-state index is 11.7. The summed E-state index contributed by atoms with van der Waals surface area (Å²) in [4.78, 5) is 16.5. The summed E-state index contributed by atoms with van der Waals surface area (Å²) in [5.41, 5.74) is 1.58. The first-order valence-corrected chi connectivity index (χ1v) is 6.55. The van der Waals surface area contributed by atoms with E-state index in [1.165, 1.54) is 0 Å². The molecule has 0 heterocycles. The number of nitriles is 1. The molecule has 0 bridgehead atoms. The van der Waals surface area contributed by atoms with Crippen molar-refractivity contribution in [2.45, 2.75) is 12.8 Å². The van der Waals surface area contributed by atoms with Gasteiger partial charge < -0.3 is 4.84 Å². The fraction of sp³-hybridized carbons (Fsp3) is 0.118. The van der Waals surface area contributed by atoms with E-state index in [0.717, 1.165) is 5.56 Å². The van der Waals surface area contributed by atoms with Crippen LogP contribution in [0.2, 0.25) is 0 Å². The van der Waals surface area contributed by atoms with E-state index >= 15 is 0 Å². The van der Waals surface area contributed by atoms with Gasteiger partial charge in [0.05, 0.1) is 6.42 Å². The van der Waals surface area contributed by atoms with Crippen LogP contribution in [0.15, 0.2) is 71.4 Å². The molecule has 0 amide bonds. The van der Waals surface area contributed by atoms with Gasteiger partial charge in [0.1, 0.15) is 6.07 Å². The van der Waals surface area contributed by atoms with Crippen LogP contribution in [-0.4, -0.2) is 11.7 Å². The molecule has 0 fully saturated rings. The van der Waals surface area contributed by atoms with Gasteiger partial charge in [-0.1, -0.05) is 65.9 Å². The number of rotatable bonds is 4. The lowest BCUT2D eigenvalue weighted by Gasteiger charge is -2.00. The summed E-state index contributed by atoms with van der Waals surface area (Å²) in [6, 6.07) is 11.2. The minimum atomic E-state index is -0.495. The molecule has 0 N–H and O–H groups in total. The van der Waals surface area contributed by atoms with Crippen LogP contribution in [0, 0.1) is 11.3 Å². The van der Waals surface area contributed by atoms with Gasteiger partial charge in [-0.2, -0.15) is 5.26 Å². The van der Waals surface area contributed by atoms with E-state index < -0.39 is 5.97 Å². The molecule has 0 aromatic heterocycles. The molecular weight excluding hydrogens is 264 g/mol. The van der Waals surface area contributed by atoms with E-state index in [0.29, 0.717) is 12.0 Å². The zero-order valence-electron chi connectivity index (χ0n) is 11.4. The summed E-state index contributed by atoms with van der Waals surface area (Å²) in [7, 11) is 0. The molecule has 4 heteroatoms. The van der Waals surface area contributed by atoms with Crippen molar-refractivity contribution >= 4 is 11.7 Å². The van der Waals surface area contributed by atoms with Crippen molar-refractivity contribution in [3.05, 3.63) is 71.8 Å². The zero-order valence-corrected chi connectivity index (χ0v) is 11.4. The molecule has 104 valence electrons. The third-order valence-corrected chi connectivity index (χ3v) is 2.81. The predicted octanol–water partition coefficient (Wildman–Crippen LogP) is 3.09. The molecule has 0 unspecified atom stereocenters. The molecule has 1 aromatic rings. The van der Waals surface area contributed by atoms with Gasteiger partial charge in [-0.05, 0) is 12.0 Å². The highest BCUT2D eigenvalue weighted by Gasteiger charge is 2.08. The molecule has 0 saturated heterocycles. The minimum absolute atomic E-state index is 0.0939. The van der Waals surface area contributed by atoms with E-state index in [1.807, 2.05) is 60.7 Å². The van der Waals surface area contributed by atoms with Gasteiger partial charge in [0.25, 0.3) is 0 Å². The Morgan fingerprint density at radius 1 is 1.29 bits per heavy atom. The maximum absolute atomic E-state index is 11.7. The first-order valence-electron chi connectivity index (χ1n) is 6.55. The minimum Gasteiger partial charge on any atom is -0.317 e. The molecule has 1 aromatic carbocycles. The summed E-state index contributed by atoms with van der Waals surface area (Å²) >= 11 is 0. The number of oxime groups is 1. The van der Waals surface area contributed by atoms with E-state index in [2.05, 4.69) is 5.16 Å². The first-order chi connectivity index (χ1) is 10.3. The van der Waals surface area contributed by atoms with Gasteiger partial charge in [0.15, 0.2) is 5.71 Å². The molecule has 0 saturated carbocycles. The molecule has 0 aliphatic heterocycles. The number of benzene rings is 1. The number of hydrogen-bond donors (Lipinski definition) is 0. The van der Waals surface area contributed by atoms with Gasteiger partial charge in [-0.3, -0.25) is 0 Å². The van der Waals surface area contributed by atoms with Crippen molar-refractivity contribution in [3.8, 4) is 6.07 Å². The highest BCUT2D eigenvalue weighted by Crippen LogP contribution is 2.08. The van der Waals surface area contributed by atoms with Crippen molar-refractivity contribution in [3.63, 3.8) is 0 Å². The standard InChI is InChI=1S/C17H14N2O2/c18-13-16(15-10-6-1-2-7-11-15)19-21-17(20)12-14-8-4-3-5-9-14/h1-6,8-11H,7,12H2/b19-16+. The van der Waals surface area contributed by atoms with Gasteiger partial charge in [0.2, 0.25) is 0 Å². The number of carbonyl (C=O) groups excluding carboxylic acids is 1. The molecule has 4 nitrogen and oxygen atoms in total. The van der Waals surface area contributed by atoms with Gasteiger partial charge in [-0.25, -0.2) is 4.79 Å². The Hall–Kier alpha value is -2.93. The molecule has 21 heavy (non-hydrogen) atoms. The fourth-order valence-electron chi connectivity index (χ4n) is 1.78. The summed E-state index contributed by atoms with van der Waals surface area (Å²) in [5, 5.41) is 12.8. The quantitative estimate of drug-likeness (QED) is 0.483. The summed E-state index contributed by atoms with van der Waals surface area (Å²) in [5.74, 6) is -0.495. The smallest absolute Gasteiger partial charge is 0.317 e. The van der Waals surface area contributed by atoms with Crippen LogP contribution < -0.4 is 0 Å². The lowest BCUT2D eigenvalue weighted by Crippen LogP contribution is -2.07. The topological polar surface area (TPSA) is 62.4 Å². The van der Waals surface area contributed by atoms with E-state index in [1.54, 1.807) is 6.08 Å². The van der Waals surface area contributed by atoms with Crippen molar-refractivity contribution in [2.75, 3.05) is 0 Å². The molecule has 0 spiro atoms. The maximum Gasteiger partial charge on any atom is 0.339 e. The van der Waals surface area contributed by atoms with Crippen LogP contribution in [0.3, 0.4) is 0 Å². The molecular formula is C17H14N2O2. The Morgan fingerprint density at radius 2 is 2.10 bits per heavy atom. The Bertz CT molecular complexity index is 662. The van der Waals surface area contributed by atoms with Crippen molar-refractivity contribution in [1.82, 2.24) is 0 Å². The lowest BCUT2D eigenvalue weighted by atomic mass is 10.1. The summed E-state index contributed by atoms with van der Waals surface area (Å²) < 4.78 is 0. The van der Waals surface area contributed by atoms with Crippen LogP contribution >= 0.6 is 0 Å². The second kappa shape index (κ2) is 7.61. The van der Waals surface area contributed by atoms with Crippen LogP contribution in [-0.2, 0) is 16.1 Å². The first kappa shape index (κ1) is 14.5. The van der Waals surface area contributed by atoms with Crippen LogP contribution in [0.4, 0.5) is 0 Å². The van der Waals surface area contributed by atoms with Crippen LogP contribution in [0.5, 0.6) is 0 Å². The average molecular weight is 278 g/mol. The second-order valence-electron chi connectivity index (χ2n) is 4.36. The Balaban J connectivity index is 2.00. The predicted molar refractivity (Wildman–Crippen MR) is 80.3 cm³/mol. The summed E-state index contributed by atoms with van der Waals surface area (Å²) in [6.07, 6.45) is 10.1. The third kappa shape index (κ3) is 4.59. The van der Waals surface area contributed by atoms with Crippen LogP contribution in [0.1, 0.15) is 12.0 Å². The Kier molecular flexibility index (Phi) is 5.25. The monoisotopic (exact) mass is 278 g/mol. The average Bonchev–Trinajstić information content (AvgIpc) is 2.78.